The van der Waals surface area contributed by atoms with E-state index in [-0.39, 0.29) is 17.2 Å². The van der Waals surface area contributed by atoms with Crippen molar-refractivity contribution in [1.82, 2.24) is 9.78 Å². The smallest absolute Gasteiger partial charge is 0.339 e. The molecule has 0 aliphatic rings. The third-order valence-corrected chi connectivity index (χ3v) is 2.94. The number of carboxylic acid groups (broad SMARTS) is 1. The molecule has 0 aliphatic heterocycles. The molecule has 5 heteroatoms. The summed E-state index contributed by atoms with van der Waals surface area (Å²) in [7, 11) is 1.83. The van der Waals surface area contributed by atoms with Crippen molar-refractivity contribution in [3.63, 3.8) is 0 Å². The number of nitrogens with zero attached hydrogens (tertiary/aromatic N) is 2. The Kier molecular flexibility index (Phi) is 3.29. The van der Waals surface area contributed by atoms with Crippen molar-refractivity contribution in [3.8, 4) is 16.9 Å². The van der Waals surface area contributed by atoms with E-state index in [1.807, 2.05) is 27.1 Å². The largest absolute Gasteiger partial charge is 0.507 e. The van der Waals surface area contributed by atoms with Crippen LogP contribution in [-0.2, 0) is 7.05 Å². The molecule has 1 aromatic carbocycles. The second-order valence-corrected chi connectivity index (χ2v) is 4.79. The van der Waals surface area contributed by atoms with Crippen molar-refractivity contribution in [3.05, 3.63) is 35.7 Å². The average Bonchev–Trinajstić information content (AvgIpc) is 2.71. The Morgan fingerprint density at radius 3 is 2.63 bits per heavy atom. The van der Waals surface area contributed by atoms with Gasteiger partial charge in [0.2, 0.25) is 0 Å². The van der Waals surface area contributed by atoms with Crippen LogP contribution in [0.1, 0.15) is 35.8 Å². The lowest BCUT2D eigenvalue weighted by atomic mass is 9.98. The number of phenols is 1. The number of aromatic hydroxyl groups is 1. The first-order valence-corrected chi connectivity index (χ1v) is 6.00. The number of carboxylic acids is 1. The fourth-order valence-electron chi connectivity index (χ4n) is 2.03. The van der Waals surface area contributed by atoms with Gasteiger partial charge >= 0.3 is 5.97 Å². The van der Waals surface area contributed by atoms with Gasteiger partial charge in [-0.15, -0.1) is 0 Å². The van der Waals surface area contributed by atoms with Crippen LogP contribution in [-0.4, -0.2) is 26.0 Å². The van der Waals surface area contributed by atoms with Gasteiger partial charge in [0.15, 0.2) is 0 Å². The number of carbonyl (C=O) groups is 1. The lowest BCUT2D eigenvalue weighted by molar-refractivity contribution is 0.0694. The van der Waals surface area contributed by atoms with Gasteiger partial charge in [-0.25, -0.2) is 4.79 Å². The highest BCUT2D eigenvalue weighted by atomic mass is 16.4. The highest BCUT2D eigenvalue weighted by Crippen LogP contribution is 2.31. The lowest BCUT2D eigenvalue weighted by Crippen LogP contribution is -1.98. The number of hydrogen-bond donors (Lipinski definition) is 2. The molecule has 0 saturated carbocycles. The van der Waals surface area contributed by atoms with E-state index in [9.17, 15) is 9.90 Å². The molecule has 1 aromatic heterocycles. The minimum absolute atomic E-state index is 0.101. The fraction of sp³-hybridized carbons (Fsp3) is 0.286. The Morgan fingerprint density at radius 1 is 1.37 bits per heavy atom. The summed E-state index contributed by atoms with van der Waals surface area (Å²) in [5.41, 5.74) is 2.44. The molecule has 2 N–H and O–H groups in total. The molecule has 0 aliphatic carbocycles. The summed E-state index contributed by atoms with van der Waals surface area (Å²) in [5, 5.41) is 23.0. The summed E-state index contributed by atoms with van der Waals surface area (Å²) in [4.78, 5) is 11.0. The summed E-state index contributed by atoms with van der Waals surface area (Å²) >= 11 is 0. The Morgan fingerprint density at radius 2 is 2.05 bits per heavy atom. The molecular formula is C14H16N2O3. The number of hydrogen-bond acceptors (Lipinski definition) is 3. The van der Waals surface area contributed by atoms with Gasteiger partial charge in [-0.2, -0.15) is 5.10 Å². The maximum absolute atomic E-state index is 11.0. The topological polar surface area (TPSA) is 75.3 Å². The second kappa shape index (κ2) is 4.76. The molecule has 0 bridgehead atoms. The van der Waals surface area contributed by atoms with Crippen molar-refractivity contribution in [2.45, 2.75) is 19.8 Å². The van der Waals surface area contributed by atoms with Crippen molar-refractivity contribution < 1.29 is 15.0 Å². The van der Waals surface area contributed by atoms with Crippen LogP contribution in [0.2, 0.25) is 0 Å². The monoisotopic (exact) mass is 260 g/mol. The predicted molar refractivity (Wildman–Crippen MR) is 71.4 cm³/mol. The molecule has 5 nitrogen and oxygen atoms in total. The summed E-state index contributed by atoms with van der Waals surface area (Å²) in [6, 6.07) is 4.57. The zero-order valence-corrected chi connectivity index (χ0v) is 11.1. The van der Waals surface area contributed by atoms with E-state index in [1.165, 1.54) is 12.1 Å². The molecule has 0 unspecified atom stereocenters. The molecule has 0 amide bonds. The average molecular weight is 260 g/mol. The quantitative estimate of drug-likeness (QED) is 0.889. The summed E-state index contributed by atoms with van der Waals surface area (Å²) in [6.07, 6.45) is 1.85. The third kappa shape index (κ3) is 2.45. The van der Waals surface area contributed by atoms with Crippen LogP contribution in [0.4, 0.5) is 0 Å². The molecule has 1 heterocycles. The number of aromatic nitrogens is 2. The maximum Gasteiger partial charge on any atom is 0.339 e. The first-order valence-electron chi connectivity index (χ1n) is 6.00. The van der Waals surface area contributed by atoms with Gasteiger partial charge in [-0.3, -0.25) is 4.68 Å². The summed E-state index contributed by atoms with van der Waals surface area (Å²) < 4.78 is 1.71. The highest BCUT2D eigenvalue weighted by molar-refractivity contribution is 5.92. The maximum atomic E-state index is 11.0. The highest BCUT2D eigenvalue weighted by Gasteiger charge is 2.16. The third-order valence-electron chi connectivity index (χ3n) is 2.94. The standard InChI is InChI=1S/C14H16N2O3/c1-8(2)13-11(7-16(3)15-13)9-4-5-12(17)10(6-9)14(18)19/h4-8,17H,1-3H3,(H,18,19). The molecule has 0 saturated heterocycles. The van der Waals surface area contributed by atoms with E-state index < -0.39 is 5.97 Å². The van der Waals surface area contributed by atoms with Crippen LogP contribution in [0, 0.1) is 0 Å². The SMILES string of the molecule is CC(C)c1nn(C)cc1-c1ccc(O)c(C(=O)O)c1. The van der Waals surface area contributed by atoms with Gasteiger partial charge in [-0.05, 0) is 23.6 Å². The number of aryl methyl sites for hydroxylation is 1. The van der Waals surface area contributed by atoms with Crippen LogP contribution < -0.4 is 0 Å². The van der Waals surface area contributed by atoms with Crippen molar-refractivity contribution in [1.29, 1.82) is 0 Å². The van der Waals surface area contributed by atoms with E-state index in [4.69, 9.17) is 5.11 Å². The van der Waals surface area contributed by atoms with Gasteiger partial charge in [0, 0.05) is 18.8 Å². The Hall–Kier alpha value is -2.30. The van der Waals surface area contributed by atoms with Crippen LogP contribution in [0.25, 0.3) is 11.1 Å². The number of benzene rings is 1. The van der Waals surface area contributed by atoms with E-state index in [0.717, 1.165) is 16.8 Å². The molecule has 19 heavy (non-hydrogen) atoms. The van der Waals surface area contributed by atoms with Gasteiger partial charge < -0.3 is 10.2 Å². The van der Waals surface area contributed by atoms with Crippen molar-refractivity contribution in [2.75, 3.05) is 0 Å². The van der Waals surface area contributed by atoms with Crippen molar-refractivity contribution >= 4 is 5.97 Å². The Bertz CT molecular complexity index is 630. The predicted octanol–water partition coefficient (Wildman–Crippen LogP) is 2.61. The zero-order chi connectivity index (χ0) is 14.2. The molecule has 0 spiro atoms. The molecule has 0 radical (unpaired) electrons. The van der Waals surface area contributed by atoms with Crippen LogP contribution in [0.15, 0.2) is 24.4 Å². The van der Waals surface area contributed by atoms with Gasteiger partial charge in [0.05, 0.1) is 5.69 Å². The van der Waals surface area contributed by atoms with E-state index >= 15 is 0 Å². The fourth-order valence-corrected chi connectivity index (χ4v) is 2.03. The Balaban J connectivity index is 2.59. The van der Waals surface area contributed by atoms with Crippen LogP contribution in [0.3, 0.4) is 0 Å². The summed E-state index contributed by atoms with van der Waals surface area (Å²) in [5.74, 6) is -1.14. The zero-order valence-electron chi connectivity index (χ0n) is 11.1. The van der Waals surface area contributed by atoms with E-state index in [2.05, 4.69) is 5.10 Å². The van der Waals surface area contributed by atoms with Crippen molar-refractivity contribution in [2.24, 2.45) is 7.05 Å². The van der Waals surface area contributed by atoms with Crippen LogP contribution in [0.5, 0.6) is 5.75 Å². The second-order valence-electron chi connectivity index (χ2n) is 4.79. The minimum atomic E-state index is -1.14. The molecule has 2 rings (SSSR count). The first-order chi connectivity index (χ1) is 8.90. The molecule has 0 fully saturated rings. The normalized spacial score (nSPS) is 10.9. The Labute approximate surface area is 111 Å². The minimum Gasteiger partial charge on any atom is -0.507 e. The molecular weight excluding hydrogens is 244 g/mol. The molecule has 2 aromatic rings. The molecule has 0 atom stereocenters. The number of rotatable bonds is 3. The van der Waals surface area contributed by atoms with Gasteiger partial charge in [-0.1, -0.05) is 19.9 Å². The lowest BCUT2D eigenvalue weighted by Gasteiger charge is -2.07. The first kappa shape index (κ1) is 13.1. The van der Waals surface area contributed by atoms with E-state index in [0.29, 0.717) is 0 Å². The summed E-state index contributed by atoms with van der Waals surface area (Å²) in [6.45, 7) is 4.06. The van der Waals surface area contributed by atoms with Gasteiger partial charge in [0.1, 0.15) is 11.3 Å². The number of aromatic carboxylic acids is 1. The van der Waals surface area contributed by atoms with Crippen LogP contribution >= 0.6 is 0 Å². The molecule has 100 valence electrons. The van der Waals surface area contributed by atoms with E-state index in [1.54, 1.807) is 10.7 Å². The van der Waals surface area contributed by atoms with Gasteiger partial charge in [0.25, 0.3) is 0 Å².